The highest BCUT2D eigenvalue weighted by atomic mass is 35.5. The van der Waals surface area contributed by atoms with Crippen molar-refractivity contribution in [2.24, 2.45) is 5.84 Å². The molecule has 1 atom stereocenters. The molecular weight excluding hydrogens is 260 g/mol. The number of pyridine rings is 2. The number of rotatable bonds is 6. The topological polar surface area (TPSA) is 63.8 Å². The maximum absolute atomic E-state index is 6.10. The molecule has 0 fully saturated rings. The van der Waals surface area contributed by atoms with E-state index in [1.54, 1.807) is 18.6 Å². The Morgan fingerprint density at radius 3 is 2.84 bits per heavy atom. The summed E-state index contributed by atoms with van der Waals surface area (Å²) in [5.74, 6) is 5.61. The summed E-state index contributed by atoms with van der Waals surface area (Å²) in [7, 11) is 0. The molecule has 100 valence electrons. The lowest BCUT2D eigenvalue weighted by molar-refractivity contribution is 0.489. The first-order valence-corrected chi connectivity index (χ1v) is 6.62. The minimum atomic E-state index is 0.168. The van der Waals surface area contributed by atoms with Crippen molar-refractivity contribution in [3.8, 4) is 0 Å². The normalized spacial score (nSPS) is 12.3. The van der Waals surface area contributed by atoms with Gasteiger partial charge < -0.3 is 0 Å². The summed E-state index contributed by atoms with van der Waals surface area (Å²) in [6, 6.07) is 8.02. The van der Waals surface area contributed by atoms with E-state index in [0.717, 1.165) is 30.5 Å². The molecule has 0 saturated heterocycles. The predicted molar refractivity (Wildman–Crippen MR) is 76.6 cm³/mol. The summed E-state index contributed by atoms with van der Waals surface area (Å²) in [5.41, 5.74) is 4.97. The van der Waals surface area contributed by atoms with Crippen LogP contribution in [0.5, 0.6) is 0 Å². The summed E-state index contributed by atoms with van der Waals surface area (Å²) in [5, 5.41) is 0.681. The van der Waals surface area contributed by atoms with E-state index in [-0.39, 0.29) is 6.04 Å². The Kier molecular flexibility index (Phi) is 5.27. The minimum absolute atomic E-state index is 0.168. The fraction of sp³-hybridized carbons (Fsp3) is 0.286. The molecule has 2 aromatic heterocycles. The molecule has 5 heteroatoms. The molecule has 3 N–H and O–H groups in total. The number of halogens is 1. The molecule has 2 heterocycles. The van der Waals surface area contributed by atoms with Crippen molar-refractivity contribution in [3.05, 3.63) is 59.1 Å². The lowest BCUT2D eigenvalue weighted by Crippen LogP contribution is -2.37. The highest BCUT2D eigenvalue weighted by molar-refractivity contribution is 6.31. The SMILES string of the molecule is NNC(CCc1ccccn1)Cc1ccncc1Cl. The van der Waals surface area contributed by atoms with E-state index < -0.39 is 0 Å². The molecule has 0 spiro atoms. The molecular formula is C14H17ClN4. The van der Waals surface area contributed by atoms with Gasteiger partial charge in [-0.3, -0.25) is 21.2 Å². The van der Waals surface area contributed by atoms with Crippen molar-refractivity contribution in [1.29, 1.82) is 0 Å². The van der Waals surface area contributed by atoms with Gasteiger partial charge in [0, 0.05) is 30.3 Å². The summed E-state index contributed by atoms with van der Waals surface area (Å²) in [6.45, 7) is 0. The van der Waals surface area contributed by atoms with E-state index in [9.17, 15) is 0 Å². The van der Waals surface area contributed by atoms with Crippen LogP contribution in [0.25, 0.3) is 0 Å². The van der Waals surface area contributed by atoms with E-state index in [1.165, 1.54) is 0 Å². The van der Waals surface area contributed by atoms with Crippen LogP contribution in [-0.4, -0.2) is 16.0 Å². The quantitative estimate of drug-likeness (QED) is 0.627. The minimum Gasteiger partial charge on any atom is -0.271 e. The van der Waals surface area contributed by atoms with Crippen LogP contribution in [0, 0.1) is 0 Å². The standard InChI is InChI=1S/C14H17ClN4/c15-14-10-17-8-6-11(14)9-13(19-16)5-4-12-3-1-2-7-18-12/h1-3,6-8,10,13,19H,4-5,9,16H2. The van der Waals surface area contributed by atoms with E-state index in [2.05, 4.69) is 15.4 Å². The van der Waals surface area contributed by atoms with Gasteiger partial charge >= 0.3 is 0 Å². The van der Waals surface area contributed by atoms with Gasteiger partial charge in [0.25, 0.3) is 0 Å². The maximum Gasteiger partial charge on any atom is 0.0621 e. The third-order valence-corrected chi connectivity index (χ3v) is 3.37. The molecule has 0 aliphatic rings. The van der Waals surface area contributed by atoms with Crippen LogP contribution in [-0.2, 0) is 12.8 Å². The zero-order valence-electron chi connectivity index (χ0n) is 10.6. The molecule has 0 saturated carbocycles. The lowest BCUT2D eigenvalue weighted by Gasteiger charge is -2.16. The number of nitrogens with zero attached hydrogens (tertiary/aromatic N) is 2. The number of aromatic nitrogens is 2. The Bertz CT molecular complexity index is 504. The first kappa shape index (κ1) is 13.9. The van der Waals surface area contributed by atoms with Crippen LogP contribution < -0.4 is 11.3 Å². The van der Waals surface area contributed by atoms with E-state index in [4.69, 9.17) is 17.4 Å². The second-order valence-corrected chi connectivity index (χ2v) is 4.80. The molecule has 0 radical (unpaired) electrons. The predicted octanol–water partition coefficient (Wildman–Crippen LogP) is 2.14. The van der Waals surface area contributed by atoms with Crippen LogP contribution in [0.3, 0.4) is 0 Å². The van der Waals surface area contributed by atoms with Gasteiger partial charge in [-0.15, -0.1) is 0 Å². The Labute approximate surface area is 118 Å². The zero-order valence-corrected chi connectivity index (χ0v) is 11.3. The van der Waals surface area contributed by atoms with Gasteiger partial charge in [0.1, 0.15) is 0 Å². The van der Waals surface area contributed by atoms with Crippen molar-refractivity contribution in [1.82, 2.24) is 15.4 Å². The van der Waals surface area contributed by atoms with Gasteiger partial charge in [-0.1, -0.05) is 17.7 Å². The number of nitrogens with one attached hydrogen (secondary N) is 1. The number of hydrogen-bond donors (Lipinski definition) is 2. The van der Waals surface area contributed by atoms with E-state index in [1.807, 2.05) is 24.3 Å². The zero-order chi connectivity index (χ0) is 13.5. The Morgan fingerprint density at radius 2 is 2.16 bits per heavy atom. The number of aryl methyl sites for hydroxylation is 1. The summed E-state index contributed by atoms with van der Waals surface area (Å²) in [6.07, 6.45) is 7.78. The van der Waals surface area contributed by atoms with Crippen LogP contribution >= 0.6 is 11.6 Å². The molecule has 0 bridgehead atoms. The number of hydrazine groups is 1. The fourth-order valence-electron chi connectivity index (χ4n) is 1.95. The Balaban J connectivity index is 1.92. The second-order valence-electron chi connectivity index (χ2n) is 4.39. The van der Waals surface area contributed by atoms with Crippen molar-refractivity contribution < 1.29 is 0 Å². The lowest BCUT2D eigenvalue weighted by atomic mass is 10.0. The van der Waals surface area contributed by atoms with Gasteiger partial charge in [0.2, 0.25) is 0 Å². The summed E-state index contributed by atoms with van der Waals surface area (Å²) < 4.78 is 0. The highest BCUT2D eigenvalue weighted by Crippen LogP contribution is 2.16. The fourth-order valence-corrected chi connectivity index (χ4v) is 2.14. The first-order valence-electron chi connectivity index (χ1n) is 6.24. The van der Waals surface area contributed by atoms with Crippen LogP contribution in [0.1, 0.15) is 17.7 Å². The second kappa shape index (κ2) is 7.19. The number of hydrogen-bond acceptors (Lipinski definition) is 4. The highest BCUT2D eigenvalue weighted by Gasteiger charge is 2.10. The molecule has 2 rings (SSSR count). The van der Waals surface area contributed by atoms with Crippen LogP contribution in [0.15, 0.2) is 42.9 Å². The molecule has 0 aliphatic carbocycles. The summed E-state index contributed by atoms with van der Waals surface area (Å²) in [4.78, 5) is 8.28. The van der Waals surface area contributed by atoms with Crippen LogP contribution in [0.2, 0.25) is 5.02 Å². The molecule has 0 aromatic carbocycles. The Morgan fingerprint density at radius 1 is 1.26 bits per heavy atom. The third kappa shape index (κ3) is 4.28. The van der Waals surface area contributed by atoms with Gasteiger partial charge in [-0.2, -0.15) is 0 Å². The molecule has 0 aliphatic heterocycles. The average molecular weight is 277 g/mol. The molecule has 0 amide bonds. The van der Waals surface area contributed by atoms with Gasteiger partial charge in [0.05, 0.1) is 5.02 Å². The largest absolute Gasteiger partial charge is 0.271 e. The molecule has 1 unspecified atom stereocenters. The molecule has 4 nitrogen and oxygen atoms in total. The maximum atomic E-state index is 6.10. The van der Waals surface area contributed by atoms with Gasteiger partial charge in [0.15, 0.2) is 0 Å². The van der Waals surface area contributed by atoms with Crippen molar-refractivity contribution >= 4 is 11.6 Å². The summed E-state index contributed by atoms with van der Waals surface area (Å²) >= 11 is 6.10. The van der Waals surface area contributed by atoms with E-state index in [0.29, 0.717) is 5.02 Å². The number of nitrogens with two attached hydrogens (primary N) is 1. The monoisotopic (exact) mass is 276 g/mol. The third-order valence-electron chi connectivity index (χ3n) is 3.03. The van der Waals surface area contributed by atoms with Crippen molar-refractivity contribution in [3.63, 3.8) is 0 Å². The first-order chi connectivity index (χ1) is 9.29. The van der Waals surface area contributed by atoms with Gasteiger partial charge in [-0.05, 0) is 43.0 Å². The van der Waals surface area contributed by atoms with Crippen LogP contribution in [0.4, 0.5) is 0 Å². The average Bonchev–Trinajstić information content (AvgIpc) is 2.46. The molecule has 19 heavy (non-hydrogen) atoms. The van der Waals surface area contributed by atoms with Crippen molar-refractivity contribution in [2.45, 2.75) is 25.3 Å². The van der Waals surface area contributed by atoms with E-state index >= 15 is 0 Å². The van der Waals surface area contributed by atoms with Gasteiger partial charge in [-0.25, -0.2) is 0 Å². The molecule has 2 aromatic rings. The Hall–Kier alpha value is -1.49. The van der Waals surface area contributed by atoms with Crippen molar-refractivity contribution in [2.75, 3.05) is 0 Å². The smallest absolute Gasteiger partial charge is 0.0621 e.